The maximum Gasteiger partial charge on any atom is 0.308 e. The van der Waals surface area contributed by atoms with Crippen LogP contribution in [0.3, 0.4) is 0 Å². The molecule has 0 radical (unpaired) electrons. The number of fused-ring (bicyclic) bond motifs is 1. The normalized spacial score (nSPS) is 10.9. The second kappa shape index (κ2) is 6.61. The fourth-order valence-electron chi connectivity index (χ4n) is 2.30. The number of esters is 1. The molecule has 8 nitrogen and oxygen atoms in total. The maximum absolute atomic E-state index is 12.3. The van der Waals surface area contributed by atoms with Crippen LogP contribution >= 0.6 is 0 Å². The van der Waals surface area contributed by atoms with Crippen LogP contribution in [-0.4, -0.2) is 26.1 Å². The number of carbonyl (C=O) groups is 1. The predicted molar refractivity (Wildman–Crippen MR) is 84.2 cm³/mol. The van der Waals surface area contributed by atoms with E-state index in [1.165, 1.54) is 4.68 Å². The van der Waals surface area contributed by atoms with Crippen molar-refractivity contribution in [3.8, 4) is 0 Å². The molecule has 0 saturated heterocycles. The van der Waals surface area contributed by atoms with Crippen LogP contribution in [0.2, 0.25) is 0 Å². The van der Waals surface area contributed by atoms with Gasteiger partial charge in [0.25, 0.3) is 5.56 Å². The van der Waals surface area contributed by atoms with Crippen molar-refractivity contribution in [1.82, 2.24) is 20.2 Å². The third-order valence-electron chi connectivity index (χ3n) is 3.72. The zero-order chi connectivity index (χ0) is 17.1. The van der Waals surface area contributed by atoms with Gasteiger partial charge in [-0.3, -0.25) is 9.59 Å². The van der Waals surface area contributed by atoms with E-state index in [-0.39, 0.29) is 25.1 Å². The van der Waals surface area contributed by atoms with Gasteiger partial charge in [0.15, 0.2) is 0 Å². The highest BCUT2D eigenvalue weighted by Crippen LogP contribution is 2.13. The zero-order valence-corrected chi connectivity index (χ0v) is 13.4. The van der Waals surface area contributed by atoms with Crippen molar-refractivity contribution >= 4 is 16.9 Å². The Labute approximate surface area is 137 Å². The van der Waals surface area contributed by atoms with E-state index in [0.29, 0.717) is 22.4 Å². The van der Waals surface area contributed by atoms with Crippen LogP contribution < -0.4 is 5.56 Å². The van der Waals surface area contributed by atoms with Crippen LogP contribution in [0.1, 0.15) is 23.4 Å². The number of aromatic nitrogens is 4. The van der Waals surface area contributed by atoms with Gasteiger partial charge < -0.3 is 9.26 Å². The van der Waals surface area contributed by atoms with Crippen molar-refractivity contribution in [2.45, 2.75) is 33.4 Å². The molecule has 0 saturated carbocycles. The Balaban J connectivity index is 1.62. The van der Waals surface area contributed by atoms with Gasteiger partial charge in [-0.25, -0.2) is 4.68 Å². The Hall–Kier alpha value is -3.03. The first kappa shape index (κ1) is 15.9. The SMILES string of the molecule is Cc1noc(C)c1COC(=O)CCn1nnc2ccccc2c1=O. The van der Waals surface area contributed by atoms with Crippen molar-refractivity contribution in [2.24, 2.45) is 0 Å². The minimum absolute atomic E-state index is 0.0241. The average Bonchev–Trinajstić information content (AvgIpc) is 2.91. The predicted octanol–water partition coefficient (Wildman–Crippen LogP) is 1.53. The Bertz CT molecular complexity index is 925. The van der Waals surface area contributed by atoms with Crippen molar-refractivity contribution in [3.05, 3.63) is 51.6 Å². The summed E-state index contributed by atoms with van der Waals surface area (Å²) in [6.45, 7) is 3.74. The number of aryl methyl sites for hydroxylation is 3. The first-order valence-corrected chi connectivity index (χ1v) is 7.46. The van der Waals surface area contributed by atoms with E-state index in [1.54, 1.807) is 38.1 Å². The maximum atomic E-state index is 12.3. The molecule has 0 unspecified atom stereocenters. The quantitative estimate of drug-likeness (QED) is 0.655. The number of benzene rings is 1. The molecule has 0 fully saturated rings. The summed E-state index contributed by atoms with van der Waals surface area (Å²) in [5, 5.41) is 12.1. The molecule has 0 aliphatic carbocycles. The molecule has 0 N–H and O–H groups in total. The van der Waals surface area contributed by atoms with Gasteiger partial charge in [-0.1, -0.05) is 22.5 Å². The molecular weight excluding hydrogens is 312 g/mol. The number of carbonyl (C=O) groups excluding carboxylic acids is 1. The molecule has 24 heavy (non-hydrogen) atoms. The van der Waals surface area contributed by atoms with Crippen LogP contribution in [0.4, 0.5) is 0 Å². The molecule has 2 aromatic heterocycles. The molecule has 3 aromatic rings. The van der Waals surface area contributed by atoms with Gasteiger partial charge in [0.05, 0.1) is 29.6 Å². The topological polar surface area (TPSA) is 100 Å². The second-order valence-corrected chi connectivity index (χ2v) is 5.35. The Morgan fingerprint density at radius 3 is 2.83 bits per heavy atom. The third kappa shape index (κ3) is 3.17. The van der Waals surface area contributed by atoms with E-state index in [9.17, 15) is 9.59 Å². The Kier molecular flexibility index (Phi) is 4.37. The van der Waals surface area contributed by atoms with Crippen LogP contribution in [0.25, 0.3) is 10.9 Å². The van der Waals surface area contributed by atoms with Crippen molar-refractivity contribution in [3.63, 3.8) is 0 Å². The highest BCUT2D eigenvalue weighted by Gasteiger charge is 2.13. The Morgan fingerprint density at radius 2 is 2.08 bits per heavy atom. The number of nitrogens with zero attached hydrogens (tertiary/aromatic N) is 4. The van der Waals surface area contributed by atoms with Crippen molar-refractivity contribution in [2.75, 3.05) is 0 Å². The molecular formula is C16H16N4O4. The average molecular weight is 328 g/mol. The fraction of sp³-hybridized carbons (Fsp3) is 0.312. The van der Waals surface area contributed by atoms with Crippen LogP contribution in [0.5, 0.6) is 0 Å². The summed E-state index contributed by atoms with van der Waals surface area (Å²) in [7, 11) is 0. The third-order valence-corrected chi connectivity index (χ3v) is 3.72. The van der Waals surface area contributed by atoms with Gasteiger partial charge in [-0.05, 0) is 26.0 Å². The van der Waals surface area contributed by atoms with E-state index in [2.05, 4.69) is 15.5 Å². The number of hydrogen-bond acceptors (Lipinski definition) is 7. The van der Waals surface area contributed by atoms with Crippen LogP contribution in [0.15, 0.2) is 33.6 Å². The number of ether oxygens (including phenoxy) is 1. The van der Waals surface area contributed by atoms with E-state index in [4.69, 9.17) is 9.26 Å². The molecule has 1 aromatic carbocycles. The lowest BCUT2D eigenvalue weighted by atomic mass is 10.2. The minimum atomic E-state index is -0.433. The van der Waals surface area contributed by atoms with Gasteiger partial charge in [0, 0.05) is 0 Å². The van der Waals surface area contributed by atoms with Gasteiger partial charge in [0.1, 0.15) is 17.9 Å². The molecule has 2 heterocycles. The second-order valence-electron chi connectivity index (χ2n) is 5.35. The monoisotopic (exact) mass is 328 g/mol. The molecule has 3 rings (SSSR count). The first-order valence-electron chi connectivity index (χ1n) is 7.46. The molecule has 0 aliphatic rings. The van der Waals surface area contributed by atoms with Crippen molar-refractivity contribution in [1.29, 1.82) is 0 Å². The lowest BCUT2D eigenvalue weighted by molar-refractivity contribution is -0.145. The van der Waals surface area contributed by atoms with Crippen molar-refractivity contribution < 1.29 is 14.1 Å². The fourth-order valence-corrected chi connectivity index (χ4v) is 2.30. The molecule has 0 bridgehead atoms. The van der Waals surface area contributed by atoms with Gasteiger partial charge in [0.2, 0.25) is 0 Å². The van der Waals surface area contributed by atoms with Gasteiger partial charge >= 0.3 is 5.97 Å². The minimum Gasteiger partial charge on any atom is -0.461 e. The molecule has 0 aliphatic heterocycles. The summed E-state index contributed by atoms with van der Waals surface area (Å²) in [6.07, 6.45) is 0.0241. The standard InChI is InChI=1S/C16H16N4O4/c1-10-13(11(2)24-18-10)9-23-15(21)7-8-20-16(22)12-5-3-4-6-14(12)17-19-20/h3-6H,7-9H2,1-2H3. The summed E-state index contributed by atoms with van der Waals surface area (Å²) in [5.74, 6) is 0.189. The molecule has 124 valence electrons. The highest BCUT2D eigenvalue weighted by atomic mass is 16.5. The van der Waals surface area contributed by atoms with E-state index < -0.39 is 5.97 Å². The number of hydrogen-bond donors (Lipinski definition) is 0. The lowest BCUT2D eigenvalue weighted by Crippen LogP contribution is -2.25. The molecule has 0 spiro atoms. The summed E-state index contributed by atoms with van der Waals surface area (Å²) in [5.41, 5.74) is 1.70. The van der Waals surface area contributed by atoms with Crippen LogP contribution in [0, 0.1) is 13.8 Å². The molecule has 0 atom stereocenters. The summed E-state index contributed by atoms with van der Waals surface area (Å²) in [4.78, 5) is 24.1. The highest BCUT2D eigenvalue weighted by molar-refractivity contribution is 5.76. The largest absolute Gasteiger partial charge is 0.461 e. The zero-order valence-electron chi connectivity index (χ0n) is 13.4. The van der Waals surface area contributed by atoms with E-state index in [0.717, 1.165) is 5.56 Å². The van der Waals surface area contributed by atoms with Gasteiger partial charge in [-0.2, -0.15) is 0 Å². The summed E-state index contributed by atoms with van der Waals surface area (Å²) < 4.78 is 11.4. The lowest BCUT2D eigenvalue weighted by Gasteiger charge is -2.06. The molecule has 0 amide bonds. The molecule has 8 heteroatoms. The van der Waals surface area contributed by atoms with Crippen LogP contribution in [-0.2, 0) is 22.7 Å². The summed E-state index contributed by atoms with van der Waals surface area (Å²) in [6, 6.07) is 6.94. The van der Waals surface area contributed by atoms with E-state index >= 15 is 0 Å². The Morgan fingerprint density at radius 1 is 1.29 bits per heavy atom. The van der Waals surface area contributed by atoms with Gasteiger partial charge in [-0.15, -0.1) is 5.10 Å². The summed E-state index contributed by atoms with van der Waals surface area (Å²) >= 11 is 0. The smallest absolute Gasteiger partial charge is 0.308 e. The first-order chi connectivity index (χ1) is 11.6. The van der Waals surface area contributed by atoms with E-state index in [1.807, 2.05) is 0 Å². The number of rotatable bonds is 5.